The number of hydrogen-bond donors (Lipinski definition) is 2. The van der Waals surface area contributed by atoms with Crippen LogP contribution in [0.4, 0.5) is 0 Å². The minimum absolute atomic E-state index is 0. The zero-order chi connectivity index (χ0) is 14.5. The summed E-state index contributed by atoms with van der Waals surface area (Å²) in [5.41, 5.74) is 0. The molecule has 2 heterocycles. The third-order valence-electron chi connectivity index (χ3n) is 3.40. The van der Waals surface area contributed by atoms with Crippen molar-refractivity contribution in [3.8, 4) is 0 Å². The highest BCUT2D eigenvalue weighted by Crippen LogP contribution is 2.17. The van der Waals surface area contributed by atoms with Gasteiger partial charge >= 0.3 is 0 Å². The Morgan fingerprint density at radius 1 is 1.38 bits per heavy atom. The first-order chi connectivity index (χ1) is 9.60. The van der Waals surface area contributed by atoms with Crippen LogP contribution in [0.25, 0.3) is 0 Å². The fraction of sp³-hybridized carbons (Fsp3) is 0.571. The molecule has 7 heteroatoms. The van der Waals surface area contributed by atoms with Crippen molar-refractivity contribution >= 4 is 35.4 Å². The van der Waals surface area contributed by atoms with E-state index in [1.54, 1.807) is 7.11 Å². The molecule has 1 aliphatic heterocycles. The van der Waals surface area contributed by atoms with Crippen LogP contribution in [0.5, 0.6) is 0 Å². The van der Waals surface area contributed by atoms with Gasteiger partial charge in [-0.1, -0.05) is 0 Å². The summed E-state index contributed by atoms with van der Waals surface area (Å²) in [5.74, 6) is -0.0616. The second-order valence-corrected chi connectivity index (χ2v) is 6.23. The second-order valence-electron chi connectivity index (χ2n) is 4.94. The molecule has 0 aromatic carbocycles. The number of thiophene rings is 1. The summed E-state index contributed by atoms with van der Waals surface area (Å²) >= 11 is 1.47. The van der Waals surface area contributed by atoms with Crippen LogP contribution in [-0.4, -0.2) is 44.0 Å². The van der Waals surface area contributed by atoms with Crippen molar-refractivity contribution in [2.45, 2.75) is 31.9 Å². The Morgan fingerprint density at radius 3 is 2.76 bits per heavy atom. The number of carbonyl (C=O) groups excluding carboxylic acids is 2. The summed E-state index contributed by atoms with van der Waals surface area (Å²) in [4.78, 5) is 25.6. The summed E-state index contributed by atoms with van der Waals surface area (Å²) in [6.45, 7) is 3.42. The SMILES string of the molecule is COC1CNCC1NC(=O)CCC(=O)c1ccc(C)s1.Cl. The van der Waals surface area contributed by atoms with Crippen LogP contribution in [0.3, 0.4) is 0 Å². The van der Waals surface area contributed by atoms with Gasteiger partial charge < -0.3 is 15.4 Å². The van der Waals surface area contributed by atoms with Gasteiger partial charge in [-0.3, -0.25) is 9.59 Å². The van der Waals surface area contributed by atoms with Gasteiger partial charge in [-0.05, 0) is 19.1 Å². The molecular formula is C14H21ClN2O3S. The standard InChI is InChI=1S/C14H20N2O3S.ClH/c1-9-3-5-13(20-9)11(17)4-6-14(18)16-10-7-15-8-12(10)19-2;/h3,5,10,12,15H,4,6-8H2,1-2H3,(H,16,18);1H. The molecule has 2 N–H and O–H groups in total. The lowest BCUT2D eigenvalue weighted by Gasteiger charge is -2.18. The lowest BCUT2D eigenvalue weighted by molar-refractivity contribution is -0.122. The van der Waals surface area contributed by atoms with Crippen LogP contribution in [-0.2, 0) is 9.53 Å². The molecule has 1 saturated heterocycles. The molecule has 0 bridgehead atoms. The molecule has 2 rings (SSSR count). The van der Waals surface area contributed by atoms with Crippen LogP contribution >= 0.6 is 23.7 Å². The Balaban J connectivity index is 0.00000220. The normalized spacial score (nSPS) is 20.9. The van der Waals surface area contributed by atoms with Crippen LogP contribution in [0, 0.1) is 6.92 Å². The van der Waals surface area contributed by atoms with E-state index < -0.39 is 0 Å². The van der Waals surface area contributed by atoms with Crippen LogP contribution in [0.15, 0.2) is 12.1 Å². The Kier molecular flexibility index (Phi) is 7.31. The zero-order valence-electron chi connectivity index (χ0n) is 12.2. The number of carbonyl (C=O) groups is 2. The van der Waals surface area contributed by atoms with Gasteiger partial charge in [-0.15, -0.1) is 23.7 Å². The van der Waals surface area contributed by atoms with Gasteiger partial charge in [0, 0.05) is 37.9 Å². The molecule has 5 nitrogen and oxygen atoms in total. The largest absolute Gasteiger partial charge is 0.378 e. The fourth-order valence-corrected chi connectivity index (χ4v) is 3.09. The number of hydrogen-bond acceptors (Lipinski definition) is 5. The predicted molar refractivity (Wildman–Crippen MR) is 85.5 cm³/mol. The van der Waals surface area contributed by atoms with E-state index in [0.29, 0.717) is 6.54 Å². The number of amides is 1. The van der Waals surface area contributed by atoms with E-state index in [9.17, 15) is 9.59 Å². The maximum Gasteiger partial charge on any atom is 0.220 e. The fourth-order valence-electron chi connectivity index (χ4n) is 2.26. The minimum Gasteiger partial charge on any atom is -0.378 e. The number of aryl methyl sites for hydroxylation is 1. The van der Waals surface area contributed by atoms with Crippen LogP contribution in [0.2, 0.25) is 0 Å². The molecule has 0 radical (unpaired) electrons. The summed E-state index contributed by atoms with van der Waals surface area (Å²) in [5, 5.41) is 6.08. The summed E-state index contributed by atoms with van der Waals surface area (Å²) in [7, 11) is 1.64. The average Bonchev–Trinajstić information content (AvgIpc) is 3.04. The molecular weight excluding hydrogens is 312 g/mol. The minimum atomic E-state index is -0.0950. The maximum atomic E-state index is 11.9. The van der Waals surface area contributed by atoms with E-state index in [0.717, 1.165) is 16.3 Å². The molecule has 118 valence electrons. The lowest BCUT2D eigenvalue weighted by Crippen LogP contribution is -2.43. The van der Waals surface area contributed by atoms with Gasteiger partial charge in [-0.2, -0.15) is 0 Å². The Bertz CT molecular complexity index is 492. The molecule has 0 saturated carbocycles. The Labute approximate surface area is 134 Å². The van der Waals surface area contributed by atoms with Gasteiger partial charge in [0.2, 0.25) is 5.91 Å². The summed E-state index contributed by atoms with van der Waals surface area (Å²) in [6.07, 6.45) is 0.487. The van der Waals surface area contributed by atoms with Crippen molar-refractivity contribution < 1.29 is 14.3 Å². The molecule has 0 spiro atoms. The monoisotopic (exact) mass is 332 g/mol. The van der Waals surface area contributed by atoms with Crippen LogP contribution in [0.1, 0.15) is 27.4 Å². The quantitative estimate of drug-likeness (QED) is 0.776. The first-order valence-electron chi connectivity index (χ1n) is 6.72. The number of ketones is 1. The van der Waals surface area contributed by atoms with Crippen molar-refractivity contribution in [1.29, 1.82) is 0 Å². The van der Waals surface area contributed by atoms with Crippen LogP contribution < -0.4 is 10.6 Å². The average molecular weight is 333 g/mol. The molecule has 0 aliphatic carbocycles. The summed E-state index contributed by atoms with van der Waals surface area (Å²) < 4.78 is 5.28. The third-order valence-corrected chi connectivity index (χ3v) is 4.44. The molecule has 1 amide bonds. The smallest absolute Gasteiger partial charge is 0.220 e. The van der Waals surface area contributed by atoms with Crippen molar-refractivity contribution in [2.24, 2.45) is 0 Å². The number of nitrogens with one attached hydrogen (secondary N) is 2. The highest BCUT2D eigenvalue weighted by Gasteiger charge is 2.28. The van der Waals surface area contributed by atoms with Crippen molar-refractivity contribution in [1.82, 2.24) is 10.6 Å². The second kappa shape index (κ2) is 8.48. The van der Waals surface area contributed by atoms with E-state index >= 15 is 0 Å². The highest BCUT2D eigenvalue weighted by molar-refractivity contribution is 7.14. The number of ether oxygens (including phenoxy) is 1. The van der Waals surface area contributed by atoms with Crippen molar-refractivity contribution in [3.63, 3.8) is 0 Å². The van der Waals surface area contributed by atoms with Crippen molar-refractivity contribution in [3.05, 3.63) is 21.9 Å². The first kappa shape index (κ1) is 18.1. The zero-order valence-corrected chi connectivity index (χ0v) is 13.8. The topological polar surface area (TPSA) is 67.4 Å². The number of Topliss-reactive ketones (excluding diaryl/α,β-unsaturated/α-hetero) is 1. The molecule has 1 aliphatic rings. The summed E-state index contributed by atoms with van der Waals surface area (Å²) in [6, 6.07) is 3.74. The van der Waals surface area contributed by atoms with E-state index in [4.69, 9.17) is 4.74 Å². The number of rotatable bonds is 6. The first-order valence-corrected chi connectivity index (χ1v) is 7.54. The van der Waals surface area contributed by atoms with E-state index in [2.05, 4.69) is 10.6 Å². The molecule has 1 aromatic heterocycles. The molecule has 21 heavy (non-hydrogen) atoms. The molecule has 2 atom stereocenters. The number of methoxy groups -OCH3 is 1. The Morgan fingerprint density at radius 2 is 2.14 bits per heavy atom. The van der Waals surface area contributed by atoms with E-state index in [-0.39, 0.29) is 49.1 Å². The van der Waals surface area contributed by atoms with E-state index in [1.807, 2.05) is 19.1 Å². The van der Waals surface area contributed by atoms with Crippen molar-refractivity contribution in [2.75, 3.05) is 20.2 Å². The van der Waals surface area contributed by atoms with Gasteiger partial charge in [0.25, 0.3) is 0 Å². The predicted octanol–water partition coefficient (Wildman–Crippen LogP) is 1.54. The van der Waals surface area contributed by atoms with E-state index in [1.165, 1.54) is 11.3 Å². The third kappa shape index (κ3) is 5.07. The van der Waals surface area contributed by atoms with Gasteiger partial charge in [0.05, 0.1) is 17.0 Å². The molecule has 1 fully saturated rings. The van der Waals surface area contributed by atoms with Gasteiger partial charge in [-0.25, -0.2) is 0 Å². The van der Waals surface area contributed by atoms with Gasteiger partial charge in [0.15, 0.2) is 5.78 Å². The lowest BCUT2D eigenvalue weighted by atomic mass is 10.1. The maximum absolute atomic E-state index is 11.9. The number of halogens is 1. The Hall–Kier alpha value is -0.950. The molecule has 1 aromatic rings. The molecule has 2 unspecified atom stereocenters. The van der Waals surface area contributed by atoms with Gasteiger partial charge in [0.1, 0.15) is 0 Å². The highest BCUT2D eigenvalue weighted by atomic mass is 35.5.